The number of nitrogens with one attached hydrogen (secondary N) is 1. The van der Waals surface area contributed by atoms with Crippen molar-refractivity contribution < 1.29 is 32.2 Å². The Bertz CT molecular complexity index is 1630. The first-order chi connectivity index (χ1) is 20.7. The molecule has 9 nitrogen and oxygen atoms in total. The molecule has 1 aromatic heterocycles. The van der Waals surface area contributed by atoms with E-state index in [-0.39, 0.29) is 34.1 Å². The summed E-state index contributed by atoms with van der Waals surface area (Å²) in [4.78, 5) is 25.8. The molecule has 44 heavy (non-hydrogen) atoms. The van der Waals surface area contributed by atoms with Gasteiger partial charge in [0.15, 0.2) is 17.2 Å². The third-order valence-electron chi connectivity index (χ3n) is 6.65. The maximum atomic E-state index is 13.1. The van der Waals surface area contributed by atoms with Gasteiger partial charge in [0.1, 0.15) is 5.60 Å². The topological polar surface area (TPSA) is 111 Å². The summed E-state index contributed by atoms with van der Waals surface area (Å²) in [5.74, 6) is -1.16. The van der Waals surface area contributed by atoms with E-state index in [2.05, 4.69) is 21.2 Å². The van der Waals surface area contributed by atoms with E-state index in [1.54, 1.807) is 39.0 Å². The summed E-state index contributed by atoms with van der Waals surface area (Å²) in [5, 5.41) is 4.09. The third kappa shape index (κ3) is 8.67. The molecule has 0 aliphatic carbocycles. The van der Waals surface area contributed by atoms with E-state index in [1.807, 2.05) is 24.3 Å². The second kappa shape index (κ2) is 14.4. The highest BCUT2D eigenvalue weighted by Gasteiger charge is 2.30. The first kappa shape index (κ1) is 34.5. The molecule has 4 rings (SSSR count). The predicted molar refractivity (Wildman–Crippen MR) is 177 cm³/mol. The number of rotatable bonds is 10. The van der Waals surface area contributed by atoms with Gasteiger partial charge in [-0.05, 0) is 78.9 Å². The molecule has 0 saturated carbocycles. The molecule has 0 unspecified atom stereocenters. The van der Waals surface area contributed by atoms with E-state index in [1.165, 1.54) is 22.8 Å². The van der Waals surface area contributed by atoms with E-state index in [9.17, 15) is 18.0 Å². The fraction of sp³-hybridized carbons (Fsp3) is 0.400. The lowest BCUT2D eigenvalue weighted by atomic mass is 10.1. The molecule has 0 amide bonds. The lowest BCUT2D eigenvalue weighted by Gasteiger charge is -2.32. The van der Waals surface area contributed by atoms with Crippen molar-refractivity contribution in [3.63, 3.8) is 0 Å². The number of piperidine rings is 1. The molecular weight excluding hydrogens is 715 g/mol. The van der Waals surface area contributed by atoms with E-state index < -0.39 is 27.6 Å². The zero-order chi connectivity index (χ0) is 32.2. The zero-order valence-corrected chi connectivity index (χ0v) is 29.3. The second-order valence-corrected chi connectivity index (χ2v) is 15.7. The number of anilines is 1. The maximum Gasteiger partial charge on any atom is 0.351 e. The number of methoxy groups -OCH3 is 1. The highest BCUT2D eigenvalue weighted by atomic mass is 79.9. The van der Waals surface area contributed by atoms with Crippen LogP contribution in [0, 0.1) is 0 Å². The molecule has 1 aliphatic heterocycles. The second-order valence-electron chi connectivity index (χ2n) is 11.1. The van der Waals surface area contributed by atoms with Crippen LogP contribution in [-0.4, -0.2) is 63.1 Å². The lowest BCUT2D eigenvalue weighted by Crippen LogP contribution is -2.42. The third-order valence-corrected chi connectivity index (χ3v) is 11.6. The Hall–Kier alpha value is -2.35. The van der Waals surface area contributed by atoms with Crippen LogP contribution in [0.4, 0.5) is 5.69 Å². The largest absolute Gasteiger partial charge is 0.479 e. The van der Waals surface area contributed by atoms with Crippen LogP contribution in [0.5, 0.6) is 5.75 Å². The molecule has 1 fully saturated rings. The van der Waals surface area contributed by atoms with Gasteiger partial charge in [-0.1, -0.05) is 47.5 Å². The molecule has 0 bridgehead atoms. The summed E-state index contributed by atoms with van der Waals surface area (Å²) >= 11 is 17.0. The van der Waals surface area contributed by atoms with Crippen molar-refractivity contribution in [1.82, 2.24) is 4.31 Å². The highest BCUT2D eigenvalue weighted by molar-refractivity contribution is 9.10. The zero-order valence-electron chi connectivity index (χ0n) is 24.6. The van der Waals surface area contributed by atoms with Crippen molar-refractivity contribution in [3.05, 3.63) is 67.4 Å². The molecule has 1 saturated heterocycles. The van der Waals surface area contributed by atoms with Crippen LogP contribution in [-0.2, 0) is 30.0 Å². The SMILES string of the molecule is COC(=O)c1sc(-c2cccc(NC3CCN(S(=O)(=O)Cc4cccc(Cl)c4Cl)CC3)c2)c(Br)c1OCC(=O)OC(C)(C)C. The van der Waals surface area contributed by atoms with Crippen molar-refractivity contribution in [3.8, 4) is 16.2 Å². The van der Waals surface area contributed by atoms with E-state index >= 15 is 0 Å². The van der Waals surface area contributed by atoms with Gasteiger partial charge in [0, 0.05) is 24.8 Å². The van der Waals surface area contributed by atoms with Crippen molar-refractivity contribution in [2.75, 3.05) is 32.1 Å². The van der Waals surface area contributed by atoms with Gasteiger partial charge in [0.2, 0.25) is 10.0 Å². The van der Waals surface area contributed by atoms with Crippen molar-refractivity contribution in [1.29, 1.82) is 0 Å². The Morgan fingerprint density at radius 2 is 1.80 bits per heavy atom. The predicted octanol–water partition coefficient (Wildman–Crippen LogP) is 7.40. The van der Waals surface area contributed by atoms with Crippen LogP contribution >= 0.6 is 50.5 Å². The van der Waals surface area contributed by atoms with Gasteiger partial charge in [0.05, 0.1) is 32.3 Å². The van der Waals surface area contributed by atoms with Gasteiger partial charge in [-0.3, -0.25) is 0 Å². The van der Waals surface area contributed by atoms with Crippen LogP contribution in [0.15, 0.2) is 46.9 Å². The van der Waals surface area contributed by atoms with E-state index in [0.29, 0.717) is 45.9 Å². The minimum atomic E-state index is -3.57. The van der Waals surface area contributed by atoms with Crippen molar-refractivity contribution in [2.24, 2.45) is 0 Å². The van der Waals surface area contributed by atoms with Crippen molar-refractivity contribution >= 4 is 78.1 Å². The molecule has 14 heteroatoms. The summed E-state index contributed by atoms with van der Waals surface area (Å²) in [6.45, 7) is 5.64. The monoisotopic (exact) mass is 746 g/mol. The summed E-state index contributed by atoms with van der Waals surface area (Å²) in [6, 6.07) is 12.7. The molecule has 1 N–H and O–H groups in total. The minimum Gasteiger partial charge on any atom is -0.479 e. The molecule has 3 aromatic rings. The van der Waals surface area contributed by atoms with Gasteiger partial charge < -0.3 is 19.5 Å². The van der Waals surface area contributed by atoms with Crippen LogP contribution in [0.1, 0.15) is 48.8 Å². The standard InChI is InChI=1S/C30H33BrCl2N2O7S2/c1-30(2,3)42-23(36)16-41-26-24(31)27(43-28(26)29(37)40-4)18-7-5-9-21(15-18)34-20-11-13-35(14-12-20)44(38,39)17-19-8-6-10-22(32)25(19)33/h5-10,15,20,34H,11-14,16-17H2,1-4H3. The normalized spacial score (nSPS) is 14.7. The molecule has 0 atom stereocenters. The molecule has 1 aliphatic rings. The van der Waals surface area contributed by atoms with E-state index in [0.717, 1.165) is 11.3 Å². The number of hydrogen-bond donors (Lipinski definition) is 1. The first-order valence-corrected chi connectivity index (χ1v) is 17.7. The molecule has 238 valence electrons. The van der Waals surface area contributed by atoms with Crippen molar-refractivity contribution in [2.45, 2.75) is 51.0 Å². The minimum absolute atomic E-state index is 0.0524. The van der Waals surface area contributed by atoms with Gasteiger partial charge in [-0.15, -0.1) is 11.3 Å². The number of halogens is 3. The smallest absolute Gasteiger partial charge is 0.351 e. The van der Waals surface area contributed by atoms with Crippen LogP contribution in [0.25, 0.3) is 10.4 Å². The number of sulfonamides is 1. The average Bonchev–Trinajstić information content (AvgIpc) is 3.29. The maximum absolute atomic E-state index is 13.1. The average molecular weight is 749 g/mol. The number of carbonyl (C=O) groups is 2. The summed E-state index contributed by atoms with van der Waals surface area (Å²) < 4.78 is 44.2. The Morgan fingerprint density at radius 3 is 2.45 bits per heavy atom. The van der Waals surface area contributed by atoms with Crippen LogP contribution in [0.3, 0.4) is 0 Å². The number of carbonyl (C=O) groups excluding carboxylic acids is 2. The Morgan fingerprint density at radius 1 is 1.11 bits per heavy atom. The van der Waals surface area contributed by atoms with Gasteiger partial charge in [-0.25, -0.2) is 22.3 Å². The summed E-state index contributed by atoms with van der Waals surface area (Å²) in [5.41, 5.74) is 1.45. The molecule has 2 heterocycles. The highest BCUT2D eigenvalue weighted by Crippen LogP contribution is 2.46. The number of hydrogen-bond acceptors (Lipinski definition) is 9. The number of thiophene rings is 1. The van der Waals surface area contributed by atoms with Gasteiger partial charge >= 0.3 is 11.9 Å². The number of benzene rings is 2. The number of nitrogens with zero attached hydrogens (tertiary/aromatic N) is 1. The molecular formula is C30H33BrCl2N2O7S2. The number of ether oxygens (including phenoxy) is 3. The van der Waals surface area contributed by atoms with Crippen LogP contribution in [0.2, 0.25) is 10.0 Å². The fourth-order valence-corrected chi connectivity index (χ4v) is 8.67. The van der Waals surface area contributed by atoms with Crippen LogP contribution < -0.4 is 10.1 Å². The Labute approximate surface area is 279 Å². The van der Waals surface area contributed by atoms with Gasteiger partial charge in [0.25, 0.3) is 0 Å². The first-order valence-electron chi connectivity index (χ1n) is 13.7. The molecule has 0 spiro atoms. The quantitative estimate of drug-likeness (QED) is 0.214. The molecule has 2 aromatic carbocycles. The lowest BCUT2D eigenvalue weighted by molar-refractivity contribution is -0.157. The molecule has 0 radical (unpaired) electrons. The summed E-state index contributed by atoms with van der Waals surface area (Å²) in [7, 11) is -2.29. The van der Waals surface area contributed by atoms with Gasteiger partial charge in [-0.2, -0.15) is 0 Å². The number of esters is 2. The Balaban J connectivity index is 1.44. The fourth-order valence-electron chi connectivity index (χ4n) is 4.65. The summed E-state index contributed by atoms with van der Waals surface area (Å²) in [6.07, 6.45) is 1.23. The van der Waals surface area contributed by atoms with E-state index in [4.69, 9.17) is 37.4 Å². The Kier molecular flexibility index (Phi) is 11.3.